The predicted octanol–water partition coefficient (Wildman–Crippen LogP) is 3.41. The summed E-state index contributed by atoms with van der Waals surface area (Å²) >= 11 is 0. The number of pyridine rings is 1. The van der Waals surface area contributed by atoms with Gasteiger partial charge in [0.1, 0.15) is 0 Å². The van der Waals surface area contributed by atoms with Crippen LogP contribution in [0.1, 0.15) is 5.56 Å². The van der Waals surface area contributed by atoms with Crippen LogP contribution < -0.4 is 10.1 Å². The average molecular weight is 295 g/mol. The Morgan fingerprint density at radius 3 is 2.67 bits per heavy atom. The van der Waals surface area contributed by atoms with Gasteiger partial charge in [0.05, 0.1) is 4.92 Å². The van der Waals surface area contributed by atoms with Crippen LogP contribution in [-0.2, 0) is 0 Å². The number of benzene rings is 1. The maximum absolute atomic E-state index is 13.7. The van der Waals surface area contributed by atoms with E-state index in [0.29, 0.717) is 11.6 Å². The first-order valence-corrected chi connectivity index (χ1v) is 5.89. The fraction of sp³-hybridized carbons (Fsp3) is 0.154. The number of anilines is 1. The summed E-state index contributed by atoms with van der Waals surface area (Å²) in [5.41, 5.74) is 0.0582. The fourth-order valence-corrected chi connectivity index (χ4v) is 1.75. The lowest BCUT2D eigenvalue weighted by atomic mass is 10.2. The molecule has 0 spiro atoms. The highest BCUT2D eigenvalue weighted by atomic mass is 19.1. The summed E-state index contributed by atoms with van der Waals surface area (Å²) in [5.74, 6) is -2.88. The van der Waals surface area contributed by atoms with Crippen LogP contribution in [0.15, 0.2) is 24.3 Å². The van der Waals surface area contributed by atoms with Crippen molar-refractivity contribution in [3.05, 3.63) is 51.6 Å². The summed E-state index contributed by atoms with van der Waals surface area (Å²) in [5, 5.41) is 13.5. The minimum absolute atomic E-state index is 0.167. The van der Waals surface area contributed by atoms with Crippen molar-refractivity contribution in [2.24, 2.45) is 0 Å². The molecule has 2 rings (SSSR count). The van der Waals surface area contributed by atoms with Gasteiger partial charge in [0.25, 0.3) is 5.88 Å². The number of para-hydroxylation sites is 1. The highest BCUT2D eigenvalue weighted by molar-refractivity contribution is 5.53. The molecule has 0 bridgehead atoms. The Morgan fingerprint density at radius 2 is 2.05 bits per heavy atom. The van der Waals surface area contributed by atoms with Gasteiger partial charge in [-0.2, -0.15) is 4.98 Å². The van der Waals surface area contributed by atoms with Gasteiger partial charge in [-0.3, -0.25) is 10.1 Å². The van der Waals surface area contributed by atoms with Gasteiger partial charge < -0.3 is 10.1 Å². The second-order valence-electron chi connectivity index (χ2n) is 4.14. The molecule has 0 aliphatic carbocycles. The average Bonchev–Trinajstić information content (AvgIpc) is 2.41. The maximum Gasteiger partial charge on any atom is 0.314 e. The standard InChI is InChI=1S/C13H11F2N3O3/c1-7-4-3-5-10(11(7)18(19)20)21-13-9(15)6-8(14)12(16-2)17-13/h3-6H,1-2H3,(H,16,17). The van der Waals surface area contributed by atoms with Crippen molar-refractivity contribution in [3.63, 3.8) is 0 Å². The number of aromatic nitrogens is 1. The van der Waals surface area contributed by atoms with Crippen molar-refractivity contribution in [2.75, 3.05) is 12.4 Å². The zero-order valence-electron chi connectivity index (χ0n) is 11.2. The van der Waals surface area contributed by atoms with Crippen LogP contribution in [0.4, 0.5) is 20.3 Å². The lowest BCUT2D eigenvalue weighted by molar-refractivity contribution is -0.386. The van der Waals surface area contributed by atoms with Gasteiger partial charge in [-0.05, 0) is 13.0 Å². The summed E-state index contributed by atoms with van der Waals surface area (Å²) in [6.45, 7) is 1.53. The molecule has 2 aromatic rings. The van der Waals surface area contributed by atoms with Gasteiger partial charge in [-0.1, -0.05) is 12.1 Å². The van der Waals surface area contributed by atoms with E-state index < -0.39 is 22.4 Å². The summed E-state index contributed by atoms with van der Waals surface area (Å²) in [6.07, 6.45) is 0. The van der Waals surface area contributed by atoms with E-state index in [1.807, 2.05) is 0 Å². The topological polar surface area (TPSA) is 77.3 Å². The van der Waals surface area contributed by atoms with Crippen LogP contribution in [0, 0.1) is 28.7 Å². The van der Waals surface area contributed by atoms with E-state index in [0.717, 1.165) is 0 Å². The normalized spacial score (nSPS) is 10.3. The smallest absolute Gasteiger partial charge is 0.314 e. The number of rotatable bonds is 4. The van der Waals surface area contributed by atoms with Gasteiger partial charge in [0.2, 0.25) is 5.75 Å². The molecule has 8 heteroatoms. The SMILES string of the molecule is CNc1nc(Oc2cccc(C)c2[N+](=O)[O-])c(F)cc1F. The summed E-state index contributed by atoms with van der Waals surface area (Å²) in [7, 11) is 1.40. The Labute approximate surface area is 118 Å². The Hall–Kier alpha value is -2.77. The third kappa shape index (κ3) is 2.88. The number of aryl methyl sites for hydroxylation is 1. The molecule has 1 N–H and O–H groups in total. The van der Waals surface area contributed by atoms with Crippen LogP contribution in [0.3, 0.4) is 0 Å². The zero-order valence-corrected chi connectivity index (χ0v) is 11.2. The predicted molar refractivity (Wildman–Crippen MR) is 71.6 cm³/mol. The first kappa shape index (κ1) is 14.6. The van der Waals surface area contributed by atoms with Crippen LogP contribution in [0.25, 0.3) is 0 Å². The number of nitrogens with zero attached hydrogens (tertiary/aromatic N) is 2. The molecule has 0 amide bonds. The van der Waals surface area contributed by atoms with Gasteiger partial charge >= 0.3 is 5.69 Å². The fourth-order valence-electron chi connectivity index (χ4n) is 1.75. The lowest BCUT2D eigenvalue weighted by Crippen LogP contribution is -2.02. The van der Waals surface area contributed by atoms with Crippen molar-refractivity contribution in [1.29, 1.82) is 0 Å². The van der Waals surface area contributed by atoms with Gasteiger partial charge in [0, 0.05) is 18.7 Å². The van der Waals surface area contributed by atoms with Crippen LogP contribution in [0.5, 0.6) is 11.6 Å². The first-order valence-electron chi connectivity index (χ1n) is 5.89. The quantitative estimate of drug-likeness (QED) is 0.691. The summed E-state index contributed by atoms with van der Waals surface area (Å²) < 4.78 is 32.1. The summed E-state index contributed by atoms with van der Waals surface area (Å²) in [6, 6.07) is 4.96. The molecule has 6 nitrogen and oxygen atoms in total. The van der Waals surface area contributed by atoms with Gasteiger partial charge in [-0.25, -0.2) is 8.78 Å². The van der Waals surface area contributed by atoms with Gasteiger partial charge in [0.15, 0.2) is 17.5 Å². The third-order valence-electron chi connectivity index (χ3n) is 2.72. The van der Waals surface area contributed by atoms with Crippen LogP contribution in [-0.4, -0.2) is 17.0 Å². The lowest BCUT2D eigenvalue weighted by Gasteiger charge is -2.09. The molecule has 0 aliphatic rings. The van der Waals surface area contributed by atoms with Gasteiger partial charge in [-0.15, -0.1) is 0 Å². The molecular weight excluding hydrogens is 284 g/mol. The van der Waals surface area contributed by atoms with E-state index in [-0.39, 0.29) is 17.3 Å². The molecule has 1 aromatic heterocycles. The highest BCUT2D eigenvalue weighted by Gasteiger charge is 2.21. The van der Waals surface area contributed by atoms with E-state index >= 15 is 0 Å². The number of nitrogens with one attached hydrogen (secondary N) is 1. The third-order valence-corrected chi connectivity index (χ3v) is 2.72. The van der Waals surface area contributed by atoms with Crippen molar-refractivity contribution >= 4 is 11.5 Å². The number of nitro benzene ring substituents is 1. The molecule has 0 saturated carbocycles. The first-order chi connectivity index (χ1) is 9.93. The van der Waals surface area contributed by atoms with E-state index in [2.05, 4.69) is 10.3 Å². The maximum atomic E-state index is 13.7. The number of ether oxygens (including phenoxy) is 1. The molecule has 0 fully saturated rings. The number of halogens is 2. The zero-order chi connectivity index (χ0) is 15.6. The largest absolute Gasteiger partial charge is 0.429 e. The highest BCUT2D eigenvalue weighted by Crippen LogP contribution is 2.34. The molecule has 21 heavy (non-hydrogen) atoms. The van der Waals surface area contributed by atoms with E-state index in [1.54, 1.807) is 0 Å². The van der Waals surface area contributed by atoms with Crippen LogP contribution >= 0.6 is 0 Å². The van der Waals surface area contributed by atoms with E-state index in [1.165, 1.54) is 32.2 Å². The Bertz CT molecular complexity index is 707. The molecule has 1 aromatic carbocycles. The minimum atomic E-state index is -1.05. The molecule has 0 saturated heterocycles. The molecule has 0 aliphatic heterocycles. The number of hydrogen-bond donors (Lipinski definition) is 1. The van der Waals surface area contributed by atoms with Crippen LogP contribution in [0.2, 0.25) is 0 Å². The Balaban J connectivity index is 2.48. The molecular formula is C13H11F2N3O3. The van der Waals surface area contributed by atoms with Crippen molar-refractivity contribution < 1.29 is 18.4 Å². The molecule has 0 unspecified atom stereocenters. The summed E-state index contributed by atoms with van der Waals surface area (Å²) in [4.78, 5) is 14.0. The molecule has 1 heterocycles. The minimum Gasteiger partial charge on any atom is -0.429 e. The monoisotopic (exact) mass is 295 g/mol. The second kappa shape index (κ2) is 5.70. The number of nitro groups is 1. The molecule has 0 radical (unpaired) electrons. The molecule has 0 atom stereocenters. The Morgan fingerprint density at radius 1 is 1.33 bits per heavy atom. The molecule has 110 valence electrons. The number of hydrogen-bond acceptors (Lipinski definition) is 5. The Kier molecular flexibility index (Phi) is 3.97. The van der Waals surface area contributed by atoms with E-state index in [9.17, 15) is 18.9 Å². The van der Waals surface area contributed by atoms with Crippen molar-refractivity contribution in [3.8, 4) is 11.6 Å². The van der Waals surface area contributed by atoms with Crippen molar-refractivity contribution in [1.82, 2.24) is 4.98 Å². The van der Waals surface area contributed by atoms with Crippen molar-refractivity contribution in [2.45, 2.75) is 6.92 Å². The van der Waals surface area contributed by atoms with E-state index in [4.69, 9.17) is 4.74 Å². The second-order valence-corrected chi connectivity index (χ2v) is 4.14.